The maximum absolute atomic E-state index is 13.6. The van der Waals surface area contributed by atoms with Gasteiger partial charge in [0.1, 0.15) is 5.82 Å². The lowest BCUT2D eigenvalue weighted by molar-refractivity contribution is -0.212. The summed E-state index contributed by atoms with van der Waals surface area (Å²) in [6, 6.07) is 3.08. The van der Waals surface area contributed by atoms with Gasteiger partial charge in [0, 0.05) is 12.3 Å². The molecule has 0 aromatic heterocycles. The SMILES string of the molecule is CCC1CCC(C2COC(CCc3ccc(C(F)(F)F)c(F)c3)OC2)CC1. The van der Waals surface area contributed by atoms with Gasteiger partial charge < -0.3 is 9.47 Å². The maximum atomic E-state index is 13.6. The lowest BCUT2D eigenvalue weighted by Gasteiger charge is -2.37. The second kappa shape index (κ2) is 8.91. The average Bonchev–Trinajstić information content (AvgIpc) is 2.66. The van der Waals surface area contributed by atoms with Crippen molar-refractivity contribution in [3.8, 4) is 0 Å². The van der Waals surface area contributed by atoms with Gasteiger partial charge in [-0.2, -0.15) is 13.2 Å². The van der Waals surface area contributed by atoms with Gasteiger partial charge in [-0.15, -0.1) is 0 Å². The average molecular weight is 388 g/mol. The van der Waals surface area contributed by atoms with Crippen molar-refractivity contribution in [3.05, 3.63) is 35.1 Å². The molecule has 0 amide bonds. The Kier molecular flexibility index (Phi) is 6.79. The van der Waals surface area contributed by atoms with Gasteiger partial charge in [0.05, 0.1) is 18.8 Å². The molecule has 1 saturated carbocycles. The van der Waals surface area contributed by atoms with Crippen LogP contribution in [0.25, 0.3) is 0 Å². The predicted molar refractivity (Wildman–Crippen MR) is 94.6 cm³/mol. The van der Waals surface area contributed by atoms with E-state index in [9.17, 15) is 17.6 Å². The molecule has 0 bridgehead atoms. The normalized spacial score (nSPS) is 29.7. The quantitative estimate of drug-likeness (QED) is 0.578. The Labute approximate surface area is 158 Å². The van der Waals surface area contributed by atoms with Crippen molar-refractivity contribution in [2.75, 3.05) is 13.2 Å². The van der Waals surface area contributed by atoms with Gasteiger partial charge >= 0.3 is 6.18 Å². The minimum atomic E-state index is -4.66. The number of benzene rings is 1. The van der Waals surface area contributed by atoms with Crippen molar-refractivity contribution < 1.29 is 27.0 Å². The van der Waals surface area contributed by atoms with Gasteiger partial charge in [-0.25, -0.2) is 4.39 Å². The van der Waals surface area contributed by atoms with E-state index in [0.29, 0.717) is 43.5 Å². The van der Waals surface area contributed by atoms with E-state index in [1.165, 1.54) is 38.2 Å². The molecule has 1 heterocycles. The van der Waals surface area contributed by atoms with Gasteiger partial charge in [0.25, 0.3) is 0 Å². The molecule has 3 rings (SSSR count). The Balaban J connectivity index is 1.43. The lowest BCUT2D eigenvalue weighted by Crippen LogP contribution is -2.37. The molecule has 0 unspecified atom stereocenters. The number of hydrogen-bond donors (Lipinski definition) is 0. The van der Waals surface area contributed by atoms with Crippen molar-refractivity contribution >= 4 is 0 Å². The third kappa shape index (κ3) is 5.44. The first kappa shape index (κ1) is 20.6. The fourth-order valence-electron chi connectivity index (χ4n) is 4.29. The lowest BCUT2D eigenvalue weighted by atomic mass is 9.75. The van der Waals surface area contributed by atoms with E-state index in [1.807, 2.05) is 0 Å². The zero-order valence-corrected chi connectivity index (χ0v) is 15.7. The molecule has 1 aromatic rings. The van der Waals surface area contributed by atoms with Crippen LogP contribution in [0.5, 0.6) is 0 Å². The third-order valence-electron chi connectivity index (χ3n) is 6.14. The first-order valence-corrected chi connectivity index (χ1v) is 9.95. The largest absolute Gasteiger partial charge is 0.419 e. The van der Waals surface area contributed by atoms with Crippen molar-refractivity contribution in [2.24, 2.45) is 17.8 Å². The van der Waals surface area contributed by atoms with E-state index in [1.54, 1.807) is 0 Å². The Morgan fingerprint density at radius 3 is 2.22 bits per heavy atom. The van der Waals surface area contributed by atoms with Crippen LogP contribution >= 0.6 is 0 Å². The number of rotatable bonds is 5. The van der Waals surface area contributed by atoms with Crippen LogP contribution < -0.4 is 0 Å². The summed E-state index contributed by atoms with van der Waals surface area (Å²) in [6.07, 6.45) is 2.24. The first-order valence-electron chi connectivity index (χ1n) is 9.95. The third-order valence-corrected chi connectivity index (χ3v) is 6.14. The molecule has 2 fully saturated rings. The molecule has 27 heavy (non-hydrogen) atoms. The van der Waals surface area contributed by atoms with E-state index in [0.717, 1.165) is 18.1 Å². The van der Waals surface area contributed by atoms with Gasteiger partial charge in [0.2, 0.25) is 0 Å². The van der Waals surface area contributed by atoms with Crippen molar-refractivity contribution in [1.82, 2.24) is 0 Å². The fourth-order valence-corrected chi connectivity index (χ4v) is 4.29. The zero-order valence-electron chi connectivity index (χ0n) is 15.7. The van der Waals surface area contributed by atoms with Gasteiger partial charge in [0.15, 0.2) is 6.29 Å². The highest BCUT2D eigenvalue weighted by molar-refractivity contribution is 5.26. The molecule has 1 saturated heterocycles. The molecule has 0 N–H and O–H groups in total. The van der Waals surface area contributed by atoms with Crippen LogP contribution in [0, 0.1) is 23.6 Å². The van der Waals surface area contributed by atoms with Crippen molar-refractivity contribution in [3.63, 3.8) is 0 Å². The van der Waals surface area contributed by atoms with Crippen LogP contribution in [-0.4, -0.2) is 19.5 Å². The molecule has 2 aliphatic rings. The zero-order chi connectivity index (χ0) is 19.4. The minimum absolute atomic E-state index is 0.362. The molecule has 152 valence electrons. The van der Waals surface area contributed by atoms with Crippen LogP contribution in [0.2, 0.25) is 0 Å². The summed E-state index contributed by atoms with van der Waals surface area (Å²) in [7, 11) is 0. The molecule has 0 spiro atoms. The summed E-state index contributed by atoms with van der Waals surface area (Å²) in [5.74, 6) is 0.733. The summed E-state index contributed by atoms with van der Waals surface area (Å²) in [5, 5.41) is 0. The molecule has 1 aromatic carbocycles. The molecule has 1 aliphatic heterocycles. The molecular weight excluding hydrogens is 360 g/mol. The fraction of sp³-hybridized carbons (Fsp3) is 0.714. The molecule has 0 radical (unpaired) electrons. The standard InChI is InChI=1S/C21H28F4O2/c1-2-14-3-7-16(8-4-14)17-12-26-20(27-13-17)10-6-15-5-9-18(19(22)11-15)21(23,24)25/h5,9,11,14,16-17,20H,2-4,6-8,10,12-13H2,1H3. The van der Waals surface area contributed by atoms with Crippen LogP contribution in [-0.2, 0) is 22.1 Å². The van der Waals surface area contributed by atoms with Crippen LogP contribution in [0.15, 0.2) is 18.2 Å². The molecule has 0 atom stereocenters. The van der Waals surface area contributed by atoms with E-state index in [2.05, 4.69) is 6.92 Å². The highest BCUT2D eigenvalue weighted by Gasteiger charge is 2.34. The van der Waals surface area contributed by atoms with Gasteiger partial charge in [-0.05, 0) is 48.8 Å². The maximum Gasteiger partial charge on any atom is 0.419 e. The summed E-state index contributed by atoms with van der Waals surface area (Å²) < 4.78 is 63.1. The Morgan fingerprint density at radius 1 is 1.00 bits per heavy atom. The van der Waals surface area contributed by atoms with Crippen LogP contribution in [0.3, 0.4) is 0 Å². The number of hydrogen-bond acceptors (Lipinski definition) is 2. The van der Waals surface area contributed by atoms with Gasteiger partial charge in [-0.1, -0.05) is 32.3 Å². The molecule has 2 nitrogen and oxygen atoms in total. The van der Waals surface area contributed by atoms with E-state index < -0.39 is 17.6 Å². The number of halogens is 4. The second-order valence-electron chi connectivity index (χ2n) is 7.90. The molecule has 6 heteroatoms. The topological polar surface area (TPSA) is 18.5 Å². The van der Waals surface area contributed by atoms with E-state index in [4.69, 9.17) is 9.47 Å². The predicted octanol–water partition coefficient (Wildman–Crippen LogP) is 5.98. The van der Waals surface area contributed by atoms with E-state index in [-0.39, 0.29) is 6.29 Å². The highest BCUT2D eigenvalue weighted by Crippen LogP contribution is 2.37. The Morgan fingerprint density at radius 2 is 1.67 bits per heavy atom. The van der Waals surface area contributed by atoms with Crippen LogP contribution in [0.4, 0.5) is 17.6 Å². The first-order chi connectivity index (χ1) is 12.9. The summed E-state index contributed by atoms with van der Waals surface area (Å²) in [4.78, 5) is 0. The minimum Gasteiger partial charge on any atom is -0.352 e. The number of aryl methyl sites for hydroxylation is 1. The smallest absolute Gasteiger partial charge is 0.352 e. The Bertz CT molecular complexity index is 601. The monoisotopic (exact) mass is 388 g/mol. The van der Waals surface area contributed by atoms with Crippen molar-refractivity contribution in [2.45, 2.75) is 64.3 Å². The summed E-state index contributed by atoms with van der Waals surface area (Å²) >= 11 is 0. The Hall–Kier alpha value is -1.14. The number of ether oxygens (including phenoxy) is 2. The molecular formula is C21H28F4O2. The molecule has 1 aliphatic carbocycles. The van der Waals surface area contributed by atoms with E-state index >= 15 is 0 Å². The second-order valence-corrected chi connectivity index (χ2v) is 7.90. The van der Waals surface area contributed by atoms with Gasteiger partial charge in [-0.3, -0.25) is 0 Å². The highest BCUT2D eigenvalue weighted by atomic mass is 19.4. The summed E-state index contributed by atoms with van der Waals surface area (Å²) in [5.41, 5.74) is -0.704. The van der Waals surface area contributed by atoms with Crippen LogP contribution in [0.1, 0.15) is 56.6 Å². The summed E-state index contributed by atoms with van der Waals surface area (Å²) in [6.45, 7) is 3.60. The van der Waals surface area contributed by atoms with Crippen molar-refractivity contribution in [1.29, 1.82) is 0 Å². The number of alkyl halides is 3.